The lowest BCUT2D eigenvalue weighted by Crippen LogP contribution is -2.31. The van der Waals surface area contributed by atoms with Crippen LogP contribution in [0.5, 0.6) is 11.6 Å². The molecule has 0 bridgehead atoms. The molecule has 1 heterocycles. The molecule has 138 valence electrons. The molecule has 3 aromatic rings. The summed E-state index contributed by atoms with van der Waals surface area (Å²) in [5.74, 6) is 0.0737. The van der Waals surface area contributed by atoms with E-state index in [4.69, 9.17) is 16.3 Å². The van der Waals surface area contributed by atoms with Gasteiger partial charge < -0.3 is 9.84 Å². The van der Waals surface area contributed by atoms with Crippen molar-refractivity contribution >= 4 is 23.5 Å². The molecule has 0 amide bonds. The zero-order valence-corrected chi connectivity index (χ0v) is 15.3. The zero-order chi connectivity index (χ0) is 19.6. The Balaban J connectivity index is 2.08. The van der Waals surface area contributed by atoms with E-state index in [0.717, 1.165) is 10.1 Å². The zero-order valence-electron chi connectivity index (χ0n) is 14.6. The molecule has 0 aliphatic carbocycles. The van der Waals surface area contributed by atoms with Gasteiger partial charge in [0.05, 0.1) is 18.5 Å². The van der Waals surface area contributed by atoms with Crippen molar-refractivity contribution in [3.05, 3.63) is 79.5 Å². The number of ether oxygens (including phenoxy) is 1. The van der Waals surface area contributed by atoms with Crippen LogP contribution >= 0.6 is 11.6 Å². The van der Waals surface area contributed by atoms with Crippen LogP contribution in [0.1, 0.15) is 11.1 Å². The van der Waals surface area contributed by atoms with Crippen LogP contribution in [0.4, 0.5) is 5.69 Å². The second-order valence-electron chi connectivity index (χ2n) is 5.72. The third-order valence-corrected chi connectivity index (χ3v) is 4.36. The molecule has 27 heavy (non-hydrogen) atoms. The van der Waals surface area contributed by atoms with Gasteiger partial charge in [-0.3, -0.25) is 14.8 Å². The van der Waals surface area contributed by atoms with Crippen LogP contribution in [-0.2, 0) is 0 Å². The van der Waals surface area contributed by atoms with Gasteiger partial charge in [-0.1, -0.05) is 17.7 Å². The number of halogens is 1. The summed E-state index contributed by atoms with van der Waals surface area (Å²) in [5.41, 5.74) is 0.100. The summed E-state index contributed by atoms with van der Waals surface area (Å²) in [6.45, 7) is 1.86. The molecule has 2 aromatic carbocycles. The van der Waals surface area contributed by atoms with Gasteiger partial charge in [0.2, 0.25) is 5.88 Å². The summed E-state index contributed by atoms with van der Waals surface area (Å²) in [6.07, 6.45) is 1.19. The number of aromatic nitrogens is 2. The Morgan fingerprint density at radius 1 is 1.19 bits per heavy atom. The summed E-state index contributed by atoms with van der Waals surface area (Å²) in [7, 11) is 1.52. The molecule has 0 saturated carbocycles. The monoisotopic (exact) mass is 385 g/mol. The van der Waals surface area contributed by atoms with E-state index in [0.29, 0.717) is 22.1 Å². The first-order valence-corrected chi connectivity index (χ1v) is 8.31. The summed E-state index contributed by atoms with van der Waals surface area (Å²) < 4.78 is 6.05. The van der Waals surface area contributed by atoms with Gasteiger partial charge in [-0.2, -0.15) is 0 Å². The van der Waals surface area contributed by atoms with Crippen LogP contribution in [0.2, 0.25) is 5.02 Å². The van der Waals surface area contributed by atoms with Gasteiger partial charge in [-0.05, 0) is 48.9 Å². The van der Waals surface area contributed by atoms with Crippen LogP contribution in [0.15, 0.2) is 57.0 Å². The van der Waals surface area contributed by atoms with Crippen LogP contribution in [-0.4, -0.2) is 28.0 Å². The fourth-order valence-corrected chi connectivity index (χ4v) is 2.60. The van der Waals surface area contributed by atoms with Gasteiger partial charge in [0.25, 0.3) is 5.56 Å². The van der Waals surface area contributed by atoms with E-state index in [1.54, 1.807) is 42.5 Å². The number of hydrogen-bond donors (Lipinski definition) is 2. The minimum absolute atomic E-state index is 0.151. The number of H-pyrrole nitrogens is 1. The van der Waals surface area contributed by atoms with Gasteiger partial charge in [0, 0.05) is 11.2 Å². The van der Waals surface area contributed by atoms with Crippen molar-refractivity contribution in [2.75, 3.05) is 7.11 Å². The standard InChI is InChI=1S/C19H16ClN3O4/c1-11-3-4-12(9-16(11)20)21-10-15-17(24)22-19(26)23(18(15)25)13-5-7-14(27-2)8-6-13/h3-10,25H,1-2H3,(H,22,24,26). The molecule has 1 aromatic heterocycles. The smallest absolute Gasteiger partial charge is 0.335 e. The number of aryl methyl sites for hydroxylation is 1. The highest BCUT2D eigenvalue weighted by molar-refractivity contribution is 6.31. The lowest BCUT2D eigenvalue weighted by atomic mass is 10.2. The molecule has 0 spiro atoms. The molecule has 0 radical (unpaired) electrons. The summed E-state index contributed by atoms with van der Waals surface area (Å²) in [5, 5.41) is 11.0. The highest BCUT2D eigenvalue weighted by Gasteiger charge is 2.14. The van der Waals surface area contributed by atoms with E-state index < -0.39 is 17.1 Å². The van der Waals surface area contributed by atoms with Crippen molar-refractivity contribution in [3.63, 3.8) is 0 Å². The fraction of sp³-hybridized carbons (Fsp3) is 0.105. The van der Waals surface area contributed by atoms with E-state index in [-0.39, 0.29) is 5.56 Å². The molecular formula is C19H16ClN3O4. The molecular weight excluding hydrogens is 370 g/mol. The van der Waals surface area contributed by atoms with Gasteiger partial charge in [-0.15, -0.1) is 0 Å². The van der Waals surface area contributed by atoms with E-state index in [9.17, 15) is 14.7 Å². The van der Waals surface area contributed by atoms with E-state index in [1.165, 1.54) is 13.3 Å². The van der Waals surface area contributed by atoms with Crippen LogP contribution in [0.25, 0.3) is 5.69 Å². The van der Waals surface area contributed by atoms with Crippen molar-refractivity contribution in [1.29, 1.82) is 0 Å². The lowest BCUT2D eigenvalue weighted by Gasteiger charge is -2.10. The molecule has 7 nitrogen and oxygen atoms in total. The Hall–Kier alpha value is -3.32. The first-order chi connectivity index (χ1) is 12.9. The minimum atomic E-state index is -0.766. The summed E-state index contributed by atoms with van der Waals surface area (Å²) in [6, 6.07) is 11.6. The van der Waals surface area contributed by atoms with Gasteiger partial charge in [0.15, 0.2) is 0 Å². The maximum absolute atomic E-state index is 12.2. The predicted octanol–water partition coefficient (Wildman–Crippen LogP) is 2.95. The molecule has 0 fully saturated rings. The quantitative estimate of drug-likeness (QED) is 0.675. The van der Waals surface area contributed by atoms with Crippen molar-refractivity contribution in [2.24, 2.45) is 4.99 Å². The number of aliphatic imine (C=N–C) groups is 1. The number of benzene rings is 2. The van der Waals surface area contributed by atoms with Crippen molar-refractivity contribution < 1.29 is 9.84 Å². The first kappa shape index (κ1) is 18.5. The second kappa shape index (κ2) is 7.51. The lowest BCUT2D eigenvalue weighted by molar-refractivity contribution is 0.414. The Bertz CT molecular complexity index is 1130. The maximum atomic E-state index is 12.2. The fourth-order valence-electron chi connectivity index (χ4n) is 2.43. The highest BCUT2D eigenvalue weighted by atomic mass is 35.5. The minimum Gasteiger partial charge on any atom is -0.497 e. The number of hydrogen-bond acceptors (Lipinski definition) is 5. The topological polar surface area (TPSA) is 96.7 Å². The van der Waals surface area contributed by atoms with Gasteiger partial charge in [0.1, 0.15) is 11.3 Å². The second-order valence-corrected chi connectivity index (χ2v) is 6.13. The van der Waals surface area contributed by atoms with Crippen molar-refractivity contribution in [2.45, 2.75) is 6.92 Å². The van der Waals surface area contributed by atoms with Crippen LogP contribution in [0, 0.1) is 6.92 Å². The molecule has 3 rings (SSSR count). The SMILES string of the molecule is COc1ccc(-n2c(O)c(C=Nc3ccc(C)c(Cl)c3)c(=O)[nH]c2=O)cc1. The Kier molecular flexibility index (Phi) is 5.14. The molecule has 0 saturated heterocycles. The number of rotatable bonds is 4. The number of aromatic amines is 1. The molecule has 0 unspecified atom stereocenters. The average molecular weight is 386 g/mol. The number of methoxy groups -OCH3 is 1. The van der Waals surface area contributed by atoms with E-state index in [2.05, 4.69) is 9.98 Å². The highest BCUT2D eigenvalue weighted by Crippen LogP contribution is 2.23. The average Bonchev–Trinajstić information content (AvgIpc) is 2.64. The maximum Gasteiger partial charge on any atom is 0.335 e. The predicted molar refractivity (Wildman–Crippen MR) is 104 cm³/mol. The summed E-state index contributed by atoms with van der Waals surface area (Å²) >= 11 is 6.06. The van der Waals surface area contributed by atoms with Crippen molar-refractivity contribution in [3.8, 4) is 17.3 Å². The Labute approximate surface area is 159 Å². The van der Waals surface area contributed by atoms with Crippen molar-refractivity contribution in [1.82, 2.24) is 9.55 Å². The van der Waals surface area contributed by atoms with Gasteiger partial charge >= 0.3 is 5.69 Å². The third-order valence-electron chi connectivity index (χ3n) is 3.95. The normalized spacial score (nSPS) is 11.1. The molecule has 2 N–H and O–H groups in total. The molecule has 0 aliphatic heterocycles. The largest absolute Gasteiger partial charge is 0.497 e. The Morgan fingerprint density at radius 2 is 1.89 bits per heavy atom. The van der Waals surface area contributed by atoms with E-state index >= 15 is 0 Å². The van der Waals surface area contributed by atoms with Gasteiger partial charge in [-0.25, -0.2) is 9.36 Å². The number of nitrogens with zero attached hydrogens (tertiary/aromatic N) is 2. The van der Waals surface area contributed by atoms with Crippen LogP contribution < -0.4 is 16.0 Å². The van der Waals surface area contributed by atoms with Crippen LogP contribution in [0.3, 0.4) is 0 Å². The first-order valence-electron chi connectivity index (χ1n) is 7.93. The molecule has 0 atom stereocenters. The number of aromatic hydroxyl groups is 1. The molecule has 0 aliphatic rings. The number of nitrogens with one attached hydrogen (secondary N) is 1. The third kappa shape index (κ3) is 3.78. The molecule has 8 heteroatoms. The summed E-state index contributed by atoms with van der Waals surface area (Å²) in [4.78, 5) is 30.6. The Morgan fingerprint density at radius 3 is 2.52 bits per heavy atom. The van der Waals surface area contributed by atoms with E-state index in [1.807, 2.05) is 6.92 Å².